The van der Waals surface area contributed by atoms with Crippen LogP contribution in [0.25, 0.3) is 0 Å². The maximum atomic E-state index is 13.7. The summed E-state index contributed by atoms with van der Waals surface area (Å²) in [5.74, 6) is 4.27. The second-order valence-corrected chi connectivity index (χ2v) is 5.17. The maximum absolute atomic E-state index is 13.7. The molecule has 0 saturated carbocycles. The summed E-state index contributed by atoms with van der Waals surface area (Å²) in [7, 11) is 0. The number of rotatable bonds is 4. The van der Waals surface area contributed by atoms with E-state index in [1.54, 1.807) is 18.2 Å². The Labute approximate surface area is 125 Å². The van der Waals surface area contributed by atoms with Crippen LogP contribution >= 0.6 is 23.2 Å². The average Bonchev–Trinajstić information content (AvgIpc) is 2.39. The van der Waals surface area contributed by atoms with Crippen molar-refractivity contribution in [2.45, 2.75) is 12.5 Å². The van der Waals surface area contributed by atoms with E-state index in [1.165, 1.54) is 12.1 Å². The van der Waals surface area contributed by atoms with Crippen molar-refractivity contribution in [2.24, 2.45) is 5.84 Å². The van der Waals surface area contributed by atoms with Gasteiger partial charge in [0.15, 0.2) is 0 Å². The van der Waals surface area contributed by atoms with Crippen molar-refractivity contribution >= 4 is 23.2 Å². The third-order valence-corrected chi connectivity index (χ3v) is 3.54. The summed E-state index contributed by atoms with van der Waals surface area (Å²) in [5.41, 5.74) is 3.63. The normalized spacial score (nSPS) is 12.4. The molecule has 2 rings (SSSR count). The smallest absolute Gasteiger partial charge is 0.129 e. The number of halogens is 4. The first kappa shape index (κ1) is 15.2. The van der Waals surface area contributed by atoms with E-state index in [0.717, 1.165) is 6.07 Å². The van der Waals surface area contributed by atoms with E-state index in [1.807, 2.05) is 0 Å². The third-order valence-electron chi connectivity index (χ3n) is 2.98. The number of nitrogens with one attached hydrogen (secondary N) is 1. The topological polar surface area (TPSA) is 38.0 Å². The van der Waals surface area contributed by atoms with Crippen molar-refractivity contribution in [3.63, 3.8) is 0 Å². The van der Waals surface area contributed by atoms with Gasteiger partial charge in [0.05, 0.1) is 6.04 Å². The standard InChI is InChI=1S/C14H12Cl2F2N2/c15-9-2-4-11(12(16)6-9)14(20-19)5-8-1-3-10(17)7-13(8)18/h1-4,6-7,14,20H,5,19H2. The van der Waals surface area contributed by atoms with E-state index in [-0.39, 0.29) is 6.42 Å². The molecular formula is C14H12Cl2F2N2. The number of hydrogen-bond acceptors (Lipinski definition) is 2. The quantitative estimate of drug-likeness (QED) is 0.660. The van der Waals surface area contributed by atoms with E-state index >= 15 is 0 Å². The Morgan fingerprint density at radius 3 is 2.45 bits per heavy atom. The zero-order valence-corrected chi connectivity index (χ0v) is 11.8. The Hall–Kier alpha value is -1.20. The lowest BCUT2D eigenvalue weighted by Gasteiger charge is -2.18. The molecule has 0 aromatic heterocycles. The van der Waals surface area contributed by atoms with Crippen LogP contribution in [0, 0.1) is 11.6 Å². The van der Waals surface area contributed by atoms with E-state index in [0.29, 0.717) is 21.2 Å². The summed E-state index contributed by atoms with van der Waals surface area (Å²) in [6, 6.07) is 8.01. The summed E-state index contributed by atoms with van der Waals surface area (Å²) in [4.78, 5) is 0. The molecule has 1 unspecified atom stereocenters. The molecule has 1 atom stereocenters. The molecule has 2 aromatic carbocycles. The van der Waals surface area contributed by atoms with Crippen LogP contribution in [0.3, 0.4) is 0 Å². The predicted octanol–water partition coefficient (Wildman–Crippen LogP) is 4.02. The van der Waals surface area contributed by atoms with Crippen LogP contribution in [-0.4, -0.2) is 0 Å². The SMILES string of the molecule is NNC(Cc1ccc(F)cc1F)c1ccc(Cl)cc1Cl. The largest absolute Gasteiger partial charge is 0.271 e. The number of benzene rings is 2. The number of hydrazine groups is 1. The van der Waals surface area contributed by atoms with Crippen LogP contribution in [0.1, 0.15) is 17.2 Å². The fourth-order valence-corrected chi connectivity index (χ4v) is 2.49. The van der Waals surface area contributed by atoms with Crippen molar-refractivity contribution in [1.82, 2.24) is 5.43 Å². The van der Waals surface area contributed by atoms with E-state index in [4.69, 9.17) is 29.0 Å². The Morgan fingerprint density at radius 2 is 1.85 bits per heavy atom. The lowest BCUT2D eigenvalue weighted by atomic mass is 9.99. The average molecular weight is 317 g/mol. The van der Waals surface area contributed by atoms with E-state index < -0.39 is 17.7 Å². The van der Waals surface area contributed by atoms with Crippen molar-refractivity contribution in [2.75, 3.05) is 0 Å². The molecule has 2 aromatic rings. The van der Waals surface area contributed by atoms with Gasteiger partial charge in [-0.05, 0) is 35.7 Å². The summed E-state index contributed by atoms with van der Waals surface area (Å²) >= 11 is 11.9. The lowest BCUT2D eigenvalue weighted by Crippen LogP contribution is -2.30. The number of nitrogens with two attached hydrogens (primary N) is 1. The van der Waals surface area contributed by atoms with Gasteiger partial charge >= 0.3 is 0 Å². The van der Waals surface area contributed by atoms with Gasteiger partial charge in [-0.2, -0.15) is 0 Å². The third kappa shape index (κ3) is 3.46. The molecule has 0 aliphatic rings. The molecule has 2 nitrogen and oxygen atoms in total. The Kier molecular flexibility index (Phi) is 4.94. The van der Waals surface area contributed by atoms with Crippen LogP contribution in [0.2, 0.25) is 10.0 Å². The molecule has 0 aliphatic carbocycles. The van der Waals surface area contributed by atoms with Gasteiger partial charge in [-0.15, -0.1) is 0 Å². The molecule has 0 radical (unpaired) electrons. The zero-order valence-electron chi connectivity index (χ0n) is 10.3. The number of hydrogen-bond donors (Lipinski definition) is 2. The van der Waals surface area contributed by atoms with Gasteiger partial charge in [0.2, 0.25) is 0 Å². The zero-order chi connectivity index (χ0) is 14.7. The summed E-state index contributed by atoms with van der Waals surface area (Å²) in [5, 5.41) is 0.936. The first-order valence-electron chi connectivity index (χ1n) is 5.86. The van der Waals surface area contributed by atoms with E-state index in [9.17, 15) is 8.78 Å². The molecule has 20 heavy (non-hydrogen) atoms. The molecule has 106 valence electrons. The molecule has 0 fully saturated rings. The predicted molar refractivity (Wildman–Crippen MR) is 76.6 cm³/mol. The van der Waals surface area contributed by atoms with Crippen molar-refractivity contribution < 1.29 is 8.78 Å². The Morgan fingerprint density at radius 1 is 1.10 bits per heavy atom. The molecule has 3 N–H and O–H groups in total. The first-order valence-corrected chi connectivity index (χ1v) is 6.62. The van der Waals surface area contributed by atoms with Crippen LogP contribution in [-0.2, 0) is 6.42 Å². The van der Waals surface area contributed by atoms with Gasteiger partial charge in [0.1, 0.15) is 11.6 Å². The van der Waals surface area contributed by atoms with Gasteiger partial charge in [0.25, 0.3) is 0 Å². The molecule has 0 amide bonds. The highest BCUT2D eigenvalue weighted by atomic mass is 35.5. The second-order valence-electron chi connectivity index (χ2n) is 4.32. The molecular weight excluding hydrogens is 305 g/mol. The monoisotopic (exact) mass is 316 g/mol. The second kappa shape index (κ2) is 6.50. The highest BCUT2D eigenvalue weighted by Crippen LogP contribution is 2.28. The first-order chi connectivity index (χ1) is 9.51. The van der Waals surface area contributed by atoms with Crippen LogP contribution in [0.5, 0.6) is 0 Å². The summed E-state index contributed by atoms with van der Waals surface area (Å²) in [6.45, 7) is 0. The Bertz CT molecular complexity index is 620. The van der Waals surface area contributed by atoms with Crippen LogP contribution in [0.15, 0.2) is 36.4 Å². The molecule has 0 aliphatic heterocycles. The Balaban J connectivity index is 2.28. The minimum Gasteiger partial charge on any atom is -0.271 e. The molecule has 0 heterocycles. The van der Waals surface area contributed by atoms with E-state index in [2.05, 4.69) is 5.43 Å². The van der Waals surface area contributed by atoms with Gasteiger partial charge in [0, 0.05) is 16.1 Å². The molecule has 0 spiro atoms. The highest BCUT2D eigenvalue weighted by molar-refractivity contribution is 6.35. The van der Waals surface area contributed by atoms with Crippen molar-refractivity contribution in [3.05, 3.63) is 69.2 Å². The lowest BCUT2D eigenvalue weighted by molar-refractivity contribution is 0.522. The van der Waals surface area contributed by atoms with Gasteiger partial charge in [-0.1, -0.05) is 35.3 Å². The molecule has 6 heteroatoms. The maximum Gasteiger partial charge on any atom is 0.129 e. The van der Waals surface area contributed by atoms with Gasteiger partial charge < -0.3 is 0 Å². The summed E-state index contributed by atoms with van der Waals surface area (Å²) < 4.78 is 26.5. The van der Waals surface area contributed by atoms with Crippen LogP contribution < -0.4 is 11.3 Å². The highest BCUT2D eigenvalue weighted by Gasteiger charge is 2.16. The van der Waals surface area contributed by atoms with Gasteiger partial charge in [-0.3, -0.25) is 11.3 Å². The molecule has 0 bridgehead atoms. The van der Waals surface area contributed by atoms with Crippen molar-refractivity contribution in [3.8, 4) is 0 Å². The summed E-state index contributed by atoms with van der Waals surface area (Å²) in [6.07, 6.45) is 0.240. The molecule has 0 saturated heterocycles. The minimum absolute atomic E-state index is 0.240. The fourth-order valence-electron chi connectivity index (χ4n) is 1.95. The van der Waals surface area contributed by atoms with Gasteiger partial charge in [-0.25, -0.2) is 8.78 Å². The van der Waals surface area contributed by atoms with Crippen molar-refractivity contribution in [1.29, 1.82) is 0 Å². The van der Waals surface area contributed by atoms with Crippen LogP contribution in [0.4, 0.5) is 8.78 Å². The minimum atomic E-state index is -0.618. The fraction of sp³-hybridized carbons (Fsp3) is 0.143.